The highest BCUT2D eigenvalue weighted by Gasteiger charge is 2.21. The van der Waals surface area contributed by atoms with Crippen LogP contribution in [-0.4, -0.2) is 30.4 Å². The van der Waals surface area contributed by atoms with E-state index in [4.69, 9.17) is 5.73 Å². The van der Waals surface area contributed by atoms with Gasteiger partial charge in [-0.15, -0.1) is 0 Å². The average molecular weight is 255 g/mol. The van der Waals surface area contributed by atoms with E-state index in [0.717, 1.165) is 25.7 Å². The number of rotatable bonds is 5. The molecule has 1 fully saturated rings. The standard InChI is InChI=1S/C13H25N3O2/c1-9(2)16-13(18)8-15-12(17)7-10-3-5-11(14)6-4-10/h9-11H,3-8,14H2,1-2H3,(H,15,17)(H,16,18). The molecule has 18 heavy (non-hydrogen) atoms. The molecule has 0 atom stereocenters. The Morgan fingerprint density at radius 1 is 1.17 bits per heavy atom. The minimum Gasteiger partial charge on any atom is -0.352 e. The summed E-state index contributed by atoms with van der Waals surface area (Å²) >= 11 is 0. The third-order valence-electron chi connectivity index (χ3n) is 3.26. The third kappa shape index (κ3) is 6.00. The fourth-order valence-electron chi connectivity index (χ4n) is 2.28. The van der Waals surface area contributed by atoms with Crippen molar-refractivity contribution < 1.29 is 9.59 Å². The van der Waals surface area contributed by atoms with Gasteiger partial charge in [-0.2, -0.15) is 0 Å². The van der Waals surface area contributed by atoms with Gasteiger partial charge in [0.15, 0.2) is 0 Å². The number of hydrogen-bond donors (Lipinski definition) is 3. The van der Waals surface area contributed by atoms with Crippen LogP contribution in [0.4, 0.5) is 0 Å². The van der Waals surface area contributed by atoms with E-state index < -0.39 is 0 Å². The lowest BCUT2D eigenvalue weighted by Crippen LogP contribution is -2.40. The third-order valence-corrected chi connectivity index (χ3v) is 3.26. The molecule has 0 aliphatic heterocycles. The van der Waals surface area contributed by atoms with E-state index in [-0.39, 0.29) is 24.4 Å². The van der Waals surface area contributed by atoms with E-state index in [1.54, 1.807) is 0 Å². The Kier molecular flexibility index (Phi) is 6.12. The van der Waals surface area contributed by atoms with Crippen LogP contribution >= 0.6 is 0 Å². The molecule has 0 aromatic carbocycles. The lowest BCUT2D eigenvalue weighted by molar-refractivity contribution is -0.127. The van der Waals surface area contributed by atoms with Crippen LogP contribution < -0.4 is 16.4 Å². The normalized spacial score (nSPS) is 23.8. The number of carbonyl (C=O) groups is 2. The van der Waals surface area contributed by atoms with Crippen molar-refractivity contribution in [3.8, 4) is 0 Å². The van der Waals surface area contributed by atoms with E-state index in [0.29, 0.717) is 18.4 Å². The van der Waals surface area contributed by atoms with Gasteiger partial charge in [-0.1, -0.05) is 0 Å². The van der Waals surface area contributed by atoms with Crippen molar-refractivity contribution in [2.45, 2.75) is 58.0 Å². The summed E-state index contributed by atoms with van der Waals surface area (Å²) in [5.41, 5.74) is 5.82. The first-order valence-corrected chi connectivity index (χ1v) is 6.79. The highest BCUT2D eigenvalue weighted by atomic mass is 16.2. The summed E-state index contributed by atoms with van der Waals surface area (Å²) in [7, 11) is 0. The molecule has 1 rings (SSSR count). The SMILES string of the molecule is CC(C)NC(=O)CNC(=O)CC1CCC(N)CC1. The van der Waals surface area contributed by atoms with E-state index >= 15 is 0 Å². The second-order valence-corrected chi connectivity index (χ2v) is 5.48. The molecular weight excluding hydrogens is 230 g/mol. The molecule has 1 saturated carbocycles. The minimum absolute atomic E-state index is 0.0330. The first-order valence-electron chi connectivity index (χ1n) is 6.79. The van der Waals surface area contributed by atoms with Gasteiger partial charge in [0, 0.05) is 18.5 Å². The molecular formula is C13H25N3O2. The molecule has 1 aliphatic carbocycles. The summed E-state index contributed by atoms with van der Waals surface area (Å²) in [6, 6.07) is 0.412. The molecule has 4 N–H and O–H groups in total. The Hall–Kier alpha value is -1.10. The molecule has 104 valence electrons. The molecule has 0 saturated heterocycles. The van der Waals surface area contributed by atoms with E-state index in [1.165, 1.54) is 0 Å². The van der Waals surface area contributed by atoms with Gasteiger partial charge in [0.25, 0.3) is 0 Å². The Labute approximate surface area is 109 Å². The van der Waals surface area contributed by atoms with Crippen LogP contribution in [0.25, 0.3) is 0 Å². The maximum atomic E-state index is 11.7. The fourth-order valence-corrected chi connectivity index (χ4v) is 2.28. The molecule has 5 nitrogen and oxygen atoms in total. The summed E-state index contributed by atoms with van der Waals surface area (Å²) in [5.74, 6) is 0.261. The summed E-state index contributed by atoms with van der Waals surface area (Å²) in [4.78, 5) is 23.0. The van der Waals surface area contributed by atoms with Gasteiger partial charge < -0.3 is 16.4 Å². The quantitative estimate of drug-likeness (QED) is 0.670. The maximum absolute atomic E-state index is 11.7. The van der Waals surface area contributed by atoms with E-state index in [1.807, 2.05) is 13.8 Å². The smallest absolute Gasteiger partial charge is 0.239 e. The molecule has 0 bridgehead atoms. The zero-order valence-electron chi connectivity index (χ0n) is 11.4. The molecule has 0 aromatic heterocycles. The number of hydrogen-bond acceptors (Lipinski definition) is 3. The zero-order valence-corrected chi connectivity index (χ0v) is 11.4. The fraction of sp³-hybridized carbons (Fsp3) is 0.846. The van der Waals surface area contributed by atoms with Crippen molar-refractivity contribution in [2.24, 2.45) is 11.7 Å². The molecule has 0 aromatic rings. The van der Waals surface area contributed by atoms with Crippen molar-refractivity contribution >= 4 is 11.8 Å². The van der Waals surface area contributed by atoms with Crippen molar-refractivity contribution in [2.75, 3.05) is 6.54 Å². The molecule has 0 unspecified atom stereocenters. The molecule has 0 heterocycles. The molecule has 0 spiro atoms. The zero-order chi connectivity index (χ0) is 13.5. The van der Waals surface area contributed by atoms with Gasteiger partial charge in [0.1, 0.15) is 0 Å². The number of nitrogens with one attached hydrogen (secondary N) is 2. The minimum atomic E-state index is -0.135. The van der Waals surface area contributed by atoms with Gasteiger partial charge in [-0.3, -0.25) is 9.59 Å². The largest absolute Gasteiger partial charge is 0.352 e. The molecule has 0 radical (unpaired) electrons. The number of carbonyl (C=O) groups excluding carboxylic acids is 2. The van der Waals surface area contributed by atoms with Crippen LogP contribution in [0.2, 0.25) is 0 Å². The summed E-state index contributed by atoms with van der Waals surface area (Å²) in [6.45, 7) is 3.86. The van der Waals surface area contributed by atoms with Crippen LogP contribution in [0.1, 0.15) is 46.0 Å². The van der Waals surface area contributed by atoms with Gasteiger partial charge in [-0.25, -0.2) is 0 Å². The average Bonchev–Trinajstić information content (AvgIpc) is 2.29. The molecule has 2 amide bonds. The second-order valence-electron chi connectivity index (χ2n) is 5.48. The van der Waals surface area contributed by atoms with Crippen molar-refractivity contribution in [3.05, 3.63) is 0 Å². The van der Waals surface area contributed by atoms with Gasteiger partial charge >= 0.3 is 0 Å². The van der Waals surface area contributed by atoms with Crippen molar-refractivity contribution in [3.63, 3.8) is 0 Å². The first-order chi connectivity index (χ1) is 8.47. The topological polar surface area (TPSA) is 84.2 Å². The second kappa shape index (κ2) is 7.36. The highest BCUT2D eigenvalue weighted by molar-refractivity contribution is 5.84. The lowest BCUT2D eigenvalue weighted by Gasteiger charge is -2.25. The van der Waals surface area contributed by atoms with Gasteiger partial charge in [0.05, 0.1) is 6.54 Å². The highest BCUT2D eigenvalue weighted by Crippen LogP contribution is 2.25. The van der Waals surface area contributed by atoms with E-state index in [9.17, 15) is 9.59 Å². The van der Waals surface area contributed by atoms with Crippen LogP contribution in [-0.2, 0) is 9.59 Å². The van der Waals surface area contributed by atoms with Crippen LogP contribution in [0.3, 0.4) is 0 Å². The van der Waals surface area contributed by atoms with Crippen LogP contribution in [0.5, 0.6) is 0 Å². The van der Waals surface area contributed by atoms with Crippen molar-refractivity contribution in [1.82, 2.24) is 10.6 Å². The van der Waals surface area contributed by atoms with Crippen molar-refractivity contribution in [1.29, 1.82) is 0 Å². The summed E-state index contributed by atoms with van der Waals surface area (Å²) < 4.78 is 0. The Morgan fingerprint density at radius 2 is 1.78 bits per heavy atom. The predicted octanol–water partition coefficient (Wildman–Crippen LogP) is 0.535. The predicted molar refractivity (Wildman–Crippen MR) is 70.8 cm³/mol. The summed E-state index contributed by atoms with van der Waals surface area (Å²) in [5, 5.41) is 5.40. The van der Waals surface area contributed by atoms with Crippen LogP contribution in [0.15, 0.2) is 0 Å². The van der Waals surface area contributed by atoms with Gasteiger partial charge in [-0.05, 0) is 45.4 Å². The molecule has 5 heteroatoms. The molecule has 1 aliphatic rings. The lowest BCUT2D eigenvalue weighted by atomic mass is 9.84. The van der Waals surface area contributed by atoms with Crippen LogP contribution in [0, 0.1) is 5.92 Å². The van der Waals surface area contributed by atoms with Gasteiger partial charge in [0.2, 0.25) is 11.8 Å². The number of nitrogens with two attached hydrogens (primary N) is 1. The van der Waals surface area contributed by atoms with E-state index in [2.05, 4.69) is 10.6 Å². The number of amides is 2. The Balaban J connectivity index is 2.15. The monoisotopic (exact) mass is 255 g/mol. The summed E-state index contributed by atoms with van der Waals surface area (Å²) in [6.07, 6.45) is 4.57. The Morgan fingerprint density at radius 3 is 2.33 bits per heavy atom. The Bertz CT molecular complexity index is 284. The first kappa shape index (κ1) is 15.0. The maximum Gasteiger partial charge on any atom is 0.239 e.